The minimum atomic E-state index is 0.0190. The molecular formula is C27H30N4S. The van der Waals surface area contributed by atoms with E-state index in [9.17, 15) is 0 Å². The van der Waals surface area contributed by atoms with E-state index in [2.05, 4.69) is 75.8 Å². The van der Waals surface area contributed by atoms with Gasteiger partial charge in [0, 0.05) is 49.0 Å². The van der Waals surface area contributed by atoms with E-state index < -0.39 is 0 Å². The molecule has 0 saturated carbocycles. The molecule has 5 heteroatoms. The molecule has 3 aromatic rings. The van der Waals surface area contributed by atoms with E-state index in [1.54, 1.807) is 0 Å². The van der Waals surface area contributed by atoms with Crippen molar-refractivity contribution in [1.82, 2.24) is 10.2 Å². The minimum absolute atomic E-state index is 0.0190. The Bertz CT molecular complexity index is 1080. The molecule has 2 aliphatic heterocycles. The van der Waals surface area contributed by atoms with Crippen LogP contribution in [-0.4, -0.2) is 42.6 Å². The maximum absolute atomic E-state index is 6.30. The predicted molar refractivity (Wildman–Crippen MR) is 137 cm³/mol. The van der Waals surface area contributed by atoms with Crippen LogP contribution in [0.4, 0.5) is 11.4 Å². The van der Waals surface area contributed by atoms with Crippen molar-refractivity contribution in [3.63, 3.8) is 0 Å². The molecule has 0 radical (unpaired) electrons. The zero-order valence-electron chi connectivity index (χ0n) is 18.3. The molecule has 3 aromatic carbocycles. The Morgan fingerprint density at radius 3 is 2.12 bits per heavy atom. The topological polar surface area (TPSA) is 44.5 Å². The summed E-state index contributed by atoms with van der Waals surface area (Å²) in [5, 5.41) is 3.62. The lowest BCUT2D eigenvalue weighted by atomic mass is 9.82. The molecule has 1 fully saturated rings. The van der Waals surface area contributed by atoms with Gasteiger partial charge in [0.15, 0.2) is 0 Å². The number of anilines is 2. The Balaban J connectivity index is 1.27. The predicted octanol–water partition coefficient (Wildman–Crippen LogP) is 4.58. The van der Waals surface area contributed by atoms with E-state index in [4.69, 9.17) is 18.0 Å². The zero-order chi connectivity index (χ0) is 21.9. The fraction of sp³-hybridized carbons (Fsp3) is 0.296. The van der Waals surface area contributed by atoms with E-state index in [-0.39, 0.29) is 12.0 Å². The van der Waals surface area contributed by atoms with Crippen LogP contribution in [0, 0.1) is 0 Å². The van der Waals surface area contributed by atoms with Crippen molar-refractivity contribution in [1.29, 1.82) is 0 Å². The molecule has 0 spiro atoms. The van der Waals surface area contributed by atoms with Gasteiger partial charge in [0.2, 0.25) is 0 Å². The summed E-state index contributed by atoms with van der Waals surface area (Å²) in [6.45, 7) is 5.38. The van der Waals surface area contributed by atoms with Crippen molar-refractivity contribution in [3.8, 4) is 0 Å². The van der Waals surface area contributed by atoms with Crippen LogP contribution in [0.25, 0.3) is 0 Å². The highest BCUT2D eigenvalue weighted by atomic mass is 32.1. The highest BCUT2D eigenvalue weighted by molar-refractivity contribution is 7.80. The Kier molecular flexibility index (Phi) is 6.10. The molecule has 2 aliphatic rings. The van der Waals surface area contributed by atoms with Gasteiger partial charge in [-0.3, -0.25) is 4.90 Å². The first kappa shape index (κ1) is 21.0. The summed E-state index contributed by atoms with van der Waals surface area (Å²) in [5.41, 5.74) is 12.2. The number of nitrogens with zero attached hydrogens (tertiary/aromatic N) is 2. The Morgan fingerprint density at radius 1 is 0.781 bits per heavy atom. The van der Waals surface area contributed by atoms with Crippen molar-refractivity contribution >= 4 is 28.6 Å². The van der Waals surface area contributed by atoms with E-state index in [1.807, 2.05) is 18.2 Å². The molecule has 2 heterocycles. The highest BCUT2D eigenvalue weighted by Crippen LogP contribution is 2.38. The summed E-state index contributed by atoms with van der Waals surface area (Å²) in [4.78, 5) is 5.99. The van der Waals surface area contributed by atoms with Crippen LogP contribution in [-0.2, 0) is 0 Å². The van der Waals surface area contributed by atoms with Gasteiger partial charge in [-0.1, -0.05) is 72.9 Å². The number of rotatable bonds is 5. The Labute approximate surface area is 196 Å². The van der Waals surface area contributed by atoms with Gasteiger partial charge in [-0.05, 0) is 42.3 Å². The van der Waals surface area contributed by atoms with Gasteiger partial charge in [0.25, 0.3) is 0 Å². The van der Waals surface area contributed by atoms with Crippen LogP contribution >= 0.6 is 12.2 Å². The summed E-state index contributed by atoms with van der Waals surface area (Å²) in [6.07, 6.45) is 1.03. The monoisotopic (exact) mass is 442 g/mol. The molecule has 0 aromatic heterocycles. The standard InChI is InChI=1S/C27H30N4S/c28-25-13-7-6-12-24(25)26-22-11-5-4-10-21(22)23(27(32)29-26)14-15-30-16-18-31(19-17-30)20-8-2-1-3-9-20/h1-13,23,26H,14-19,28H2,(H,29,32). The van der Waals surface area contributed by atoms with Gasteiger partial charge in [-0.15, -0.1) is 0 Å². The van der Waals surface area contributed by atoms with Crippen molar-refractivity contribution in [2.75, 3.05) is 43.4 Å². The van der Waals surface area contributed by atoms with Gasteiger partial charge in [-0.2, -0.15) is 0 Å². The van der Waals surface area contributed by atoms with Crippen LogP contribution in [0.2, 0.25) is 0 Å². The molecule has 2 unspecified atom stereocenters. The summed E-state index contributed by atoms with van der Waals surface area (Å²) in [6, 6.07) is 27.5. The second kappa shape index (κ2) is 9.31. The molecule has 0 aliphatic carbocycles. The summed E-state index contributed by atoms with van der Waals surface area (Å²) < 4.78 is 0. The minimum Gasteiger partial charge on any atom is -0.398 e. The summed E-state index contributed by atoms with van der Waals surface area (Å²) in [7, 11) is 0. The lowest BCUT2D eigenvalue weighted by molar-refractivity contribution is 0.252. The van der Waals surface area contributed by atoms with Crippen molar-refractivity contribution in [3.05, 3.63) is 95.6 Å². The third-order valence-electron chi connectivity index (χ3n) is 6.82. The molecule has 5 rings (SSSR count). The number of thiocarbonyl (C=S) groups is 1. The normalized spacial score (nSPS) is 21.1. The van der Waals surface area contributed by atoms with Gasteiger partial charge in [-0.25, -0.2) is 0 Å². The second-order valence-corrected chi connectivity index (χ2v) is 9.14. The smallest absolute Gasteiger partial charge is 0.0837 e. The number of para-hydroxylation sites is 2. The maximum Gasteiger partial charge on any atom is 0.0837 e. The Hall–Kier alpha value is -2.89. The quantitative estimate of drug-likeness (QED) is 0.447. The second-order valence-electron chi connectivity index (χ2n) is 8.70. The average molecular weight is 443 g/mol. The van der Waals surface area contributed by atoms with Gasteiger partial charge < -0.3 is 16.0 Å². The van der Waals surface area contributed by atoms with Crippen molar-refractivity contribution in [2.45, 2.75) is 18.4 Å². The lowest BCUT2D eigenvalue weighted by Gasteiger charge is -2.38. The average Bonchev–Trinajstić information content (AvgIpc) is 2.84. The van der Waals surface area contributed by atoms with E-state index in [0.29, 0.717) is 0 Å². The lowest BCUT2D eigenvalue weighted by Crippen LogP contribution is -2.47. The zero-order valence-corrected chi connectivity index (χ0v) is 19.1. The molecule has 3 N–H and O–H groups in total. The number of benzene rings is 3. The molecular weight excluding hydrogens is 412 g/mol. The van der Waals surface area contributed by atoms with Crippen LogP contribution in [0.1, 0.15) is 35.1 Å². The number of fused-ring (bicyclic) bond motifs is 1. The summed E-state index contributed by atoms with van der Waals surface area (Å²) >= 11 is 5.89. The van der Waals surface area contributed by atoms with Crippen molar-refractivity contribution in [2.24, 2.45) is 0 Å². The van der Waals surface area contributed by atoms with Gasteiger partial charge >= 0.3 is 0 Å². The third kappa shape index (κ3) is 4.23. The molecule has 2 atom stereocenters. The summed E-state index contributed by atoms with van der Waals surface area (Å²) in [5.74, 6) is 0.245. The number of hydrogen-bond acceptors (Lipinski definition) is 4. The van der Waals surface area contributed by atoms with E-state index >= 15 is 0 Å². The van der Waals surface area contributed by atoms with Crippen LogP contribution in [0.15, 0.2) is 78.9 Å². The van der Waals surface area contributed by atoms with Gasteiger partial charge in [0.05, 0.1) is 11.0 Å². The molecule has 4 nitrogen and oxygen atoms in total. The Morgan fingerprint density at radius 2 is 1.41 bits per heavy atom. The van der Waals surface area contributed by atoms with E-state index in [0.717, 1.165) is 55.4 Å². The number of nitrogens with one attached hydrogen (secondary N) is 1. The third-order valence-corrected chi connectivity index (χ3v) is 7.22. The first-order valence-electron chi connectivity index (χ1n) is 11.5. The number of nitrogens with two attached hydrogens (primary N) is 1. The van der Waals surface area contributed by atoms with Crippen LogP contribution in [0.5, 0.6) is 0 Å². The maximum atomic E-state index is 6.30. The fourth-order valence-electron chi connectivity index (χ4n) is 5.04. The largest absolute Gasteiger partial charge is 0.398 e. The highest BCUT2D eigenvalue weighted by Gasteiger charge is 2.32. The molecule has 32 heavy (non-hydrogen) atoms. The van der Waals surface area contributed by atoms with E-state index in [1.165, 1.54) is 16.8 Å². The first-order chi connectivity index (χ1) is 15.7. The molecule has 0 amide bonds. The SMILES string of the molecule is Nc1ccccc1C1NC(=S)C(CCN2CCN(c3ccccc3)CC2)c2ccccc21. The molecule has 164 valence electrons. The fourth-order valence-corrected chi connectivity index (χ4v) is 5.40. The number of nitrogen functional groups attached to an aromatic ring is 1. The molecule has 0 bridgehead atoms. The van der Waals surface area contributed by atoms with Crippen molar-refractivity contribution < 1.29 is 0 Å². The van der Waals surface area contributed by atoms with Gasteiger partial charge in [0.1, 0.15) is 0 Å². The van der Waals surface area contributed by atoms with Crippen LogP contribution < -0.4 is 16.0 Å². The number of piperazine rings is 1. The molecule has 1 saturated heterocycles. The first-order valence-corrected chi connectivity index (χ1v) is 11.9. The number of hydrogen-bond donors (Lipinski definition) is 2. The van der Waals surface area contributed by atoms with Crippen LogP contribution in [0.3, 0.4) is 0 Å².